The third-order valence-corrected chi connectivity index (χ3v) is 4.33. The topological polar surface area (TPSA) is 42.2 Å². The first-order chi connectivity index (χ1) is 9.74. The number of pyridine rings is 1. The minimum Gasteiger partial charge on any atom is -0.361 e. The van der Waals surface area contributed by atoms with Crippen molar-refractivity contribution in [1.29, 1.82) is 0 Å². The van der Waals surface area contributed by atoms with Gasteiger partial charge < -0.3 is 4.52 Å². The lowest BCUT2D eigenvalue weighted by molar-refractivity contribution is 0.203. The SMILES string of the molecule is Cc1noc(C)c1CN1CCC(c2ccncc2)CC1. The second-order valence-electron chi connectivity index (χ2n) is 5.63. The van der Waals surface area contributed by atoms with Crippen LogP contribution < -0.4 is 0 Å². The maximum absolute atomic E-state index is 5.24. The van der Waals surface area contributed by atoms with Gasteiger partial charge in [-0.1, -0.05) is 5.16 Å². The zero-order chi connectivity index (χ0) is 13.9. The fraction of sp³-hybridized carbons (Fsp3) is 0.500. The molecule has 0 spiro atoms. The van der Waals surface area contributed by atoms with E-state index in [4.69, 9.17) is 4.52 Å². The lowest BCUT2D eigenvalue weighted by Gasteiger charge is -2.32. The number of likely N-dealkylation sites (tertiary alicyclic amines) is 1. The molecular formula is C16H21N3O. The molecule has 106 valence electrons. The summed E-state index contributed by atoms with van der Waals surface area (Å²) in [6.45, 7) is 7.26. The normalized spacial score (nSPS) is 17.5. The molecule has 0 aliphatic carbocycles. The minimum absolute atomic E-state index is 0.680. The van der Waals surface area contributed by atoms with E-state index < -0.39 is 0 Å². The monoisotopic (exact) mass is 271 g/mol. The summed E-state index contributed by atoms with van der Waals surface area (Å²) in [5.41, 5.74) is 3.71. The van der Waals surface area contributed by atoms with Crippen molar-refractivity contribution in [1.82, 2.24) is 15.0 Å². The van der Waals surface area contributed by atoms with Crippen molar-refractivity contribution in [2.75, 3.05) is 13.1 Å². The summed E-state index contributed by atoms with van der Waals surface area (Å²) < 4.78 is 5.24. The maximum atomic E-state index is 5.24. The summed E-state index contributed by atoms with van der Waals surface area (Å²) in [5.74, 6) is 1.64. The van der Waals surface area contributed by atoms with Crippen molar-refractivity contribution < 1.29 is 4.52 Å². The van der Waals surface area contributed by atoms with E-state index in [0.717, 1.165) is 31.1 Å². The van der Waals surface area contributed by atoms with Crippen LogP contribution in [-0.2, 0) is 6.54 Å². The Labute approximate surface area is 119 Å². The molecule has 2 aromatic heterocycles. The molecule has 0 radical (unpaired) electrons. The van der Waals surface area contributed by atoms with Crippen molar-refractivity contribution in [3.8, 4) is 0 Å². The Bertz CT molecular complexity index is 537. The van der Waals surface area contributed by atoms with Crippen LogP contribution in [0.2, 0.25) is 0 Å². The molecule has 2 aromatic rings. The van der Waals surface area contributed by atoms with E-state index >= 15 is 0 Å². The molecule has 0 saturated carbocycles. The molecule has 1 saturated heterocycles. The summed E-state index contributed by atoms with van der Waals surface area (Å²) in [7, 11) is 0. The third-order valence-electron chi connectivity index (χ3n) is 4.33. The van der Waals surface area contributed by atoms with E-state index in [2.05, 4.69) is 27.2 Å². The number of hydrogen-bond donors (Lipinski definition) is 0. The van der Waals surface area contributed by atoms with Gasteiger partial charge in [0.1, 0.15) is 5.76 Å². The Balaban J connectivity index is 1.59. The van der Waals surface area contributed by atoms with E-state index in [-0.39, 0.29) is 0 Å². The Morgan fingerprint density at radius 3 is 2.50 bits per heavy atom. The van der Waals surface area contributed by atoms with Gasteiger partial charge in [0.25, 0.3) is 0 Å². The van der Waals surface area contributed by atoms with Crippen molar-refractivity contribution >= 4 is 0 Å². The van der Waals surface area contributed by atoms with Crippen molar-refractivity contribution in [2.24, 2.45) is 0 Å². The van der Waals surface area contributed by atoms with Crippen LogP contribution in [-0.4, -0.2) is 28.1 Å². The van der Waals surface area contributed by atoms with Gasteiger partial charge in [0.2, 0.25) is 0 Å². The summed E-state index contributed by atoms with van der Waals surface area (Å²) in [4.78, 5) is 6.60. The molecule has 4 heteroatoms. The largest absolute Gasteiger partial charge is 0.361 e. The van der Waals surface area contributed by atoms with Gasteiger partial charge in [-0.25, -0.2) is 0 Å². The number of piperidine rings is 1. The van der Waals surface area contributed by atoms with Crippen LogP contribution in [0.1, 0.15) is 41.3 Å². The molecule has 3 heterocycles. The zero-order valence-corrected chi connectivity index (χ0v) is 12.2. The number of nitrogens with zero attached hydrogens (tertiary/aromatic N) is 3. The first-order valence-electron chi connectivity index (χ1n) is 7.28. The fourth-order valence-corrected chi connectivity index (χ4v) is 3.01. The molecule has 0 N–H and O–H groups in total. The molecule has 20 heavy (non-hydrogen) atoms. The predicted molar refractivity (Wildman–Crippen MR) is 77.5 cm³/mol. The molecule has 0 aromatic carbocycles. The molecule has 1 aliphatic rings. The first kappa shape index (κ1) is 13.3. The van der Waals surface area contributed by atoms with E-state index in [9.17, 15) is 0 Å². The molecule has 1 fully saturated rings. The smallest absolute Gasteiger partial charge is 0.138 e. The fourth-order valence-electron chi connectivity index (χ4n) is 3.01. The highest BCUT2D eigenvalue weighted by atomic mass is 16.5. The van der Waals surface area contributed by atoms with Gasteiger partial charge in [-0.3, -0.25) is 9.88 Å². The number of rotatable bonds is 3. The molecule has 3 rings (SSSR count). The van der Waals surface area contributed by atoms with Crippen molar-refractivity contribution in [3.05, 3.63) is 47.1 Å². The minimum atomic E-state index is 0.680. The second-order valence-corrected chi connectivity index (χ2v) is 5.63. The van der Waals surface area contributed by atoms with Crippen LogP contribution in [0.4, 0.5) is 0 Å². The summed E-state index contributed by atoms with van der Waals surface area (Å²) >= 11 is 0. The van der Waals surface area contributed by atoms with Gasteiger partial charge in [0.05, 0.1) is 5.69 Å². The Kier molecular flexibility index (Phi) is 3.83. The summed E-state index contributed by atoms with van der Waals surface area (Å²) in [6.07, 6.45) is 6.22. The summed E-state index contributed by atoms with van der Waals surface area (Å²) in [5, 5.41) is 4.04. The zero-order valence-electron chi connectivity index (χ0n) is 12.2. The number of aromatic nitrogens is 2. The second kappa shape index (κ2) is 5.75. The maximum Gasteiger partial charge on any atom is 0.138 e. The van der Waals surface area contributed by atoms with Crippen LogP contribution >= 0.6 is 0 Å². The third kappa shape index (κ3) is 2.75. The number of aryl methyl sites for hydroxylation is 2. The molecular weight excluding hydrogens is 250 g/mol. The highest BCUT2D eigenvalue weighted by Crippen LogP contribution is 2.28. The average molecular weight is 271 g/mol. The van der Waals surface area contributed by atoms with Crippen LogP contribution in [0.5, 0.6) is 0 Å². The van der Waals surface area contributed by atoms with Crippen LogP contribution in [0.25, 0.3) is 0 Å². The van der Waals surface area contributed by atoms with E-state index in [1.54, 1.807) is 0 Å². The van der Waals surface area contributed by atoms with Crippen LogP contribution in [0, 0.1) is 13.8 Å². The highest BCUT2D eigenvalue weighted by Gasteiger charge is 2.22. The average Bonchev–Trinajstić information content (AvgIpc) is 2.81. The Morgan fingerprint density at radius 2 is 1.90 bits per heavy atom. The molecule has 0 bridgehead atoms. The van der Waals surface area contributed by atoms with Gasteiger partial charge in [-0.2, -0.15) is 0 Å². The van der Waals surface area contributed by atoms with E-state index in [1.807, 2.05) is 26.2 Å². The number of hydrogen-bond acceptors (Lipinski definition) is 4. The highest BCUT2D eigenvalue weighted by molar-refractivity contribution is 5.21. The molecule has 0 unspecified atom stereocenters. The standard InChI is InChI=1S/C16H21N3O/c1-12-16(13(2)20-18-12)11-19-9-5-15(6-10-19)14-3-7-17-8-4-14/h3-4,7-8,15H,5-6,9-11H2,1-2H3. The first-order valence-corrected chi connectivity index (χ1v) is 7.28. The molecule has 1 aliphatic heterocycles. The van der Waals surface area contributed by atoms with Gasteiger partial charge >= 0.3 is 0 Å². The van der Waals surface area contributed by atoms with Gasteiger partial charge in [-0.15, -0.1) is 0 Å². The summed E-state index contributed by atoms with van der Waals surface area (Å²) in [6, 6.07) is 4.29. The van der Waals surface area contributed by atoms with Crippen molar-refractivity contribution in [3.63, 3.8) is 0 Å². The van der Waals surface area contributed by atoms with E-state index in [1.165, 1.54) is 24.0 Å². The van der Waals surface area contributed by atoms with Crippen molar-refractivity contribution in [2.45, 2.75) is 39.2 Å². The Hall–Kier alpha value is -1.68. The van der Waals surface area contributed by atoms with Gasteiger partial charge in [0.15, 0.2) is 0 Å². The molecule has 4 nitrogen and oxygen atoms in total. The lowest BCUT2D eigenvalue weighted by Crippen LogP contribution is -2.32. The predicted octanol–water partition coefficient (Wildman–Crippen LogP) is 3.07. The quantitative estimate of drug-likeness (QED) is 0.860. The van der Waals surface area contributed by atoms with Crippen LogP contribution in [0.3, 0.4) is 0 Å². The van der Waals surface area contributed by atoms with Gasteiger partial charge in [0, 0.05) is 24.5 Å². The molecule has 0 amide bonds. The van der Waals surface area contributed by atoms with E-state index in [0.29, 0.717) is 5.92 Å². The molecule has 0 atom stereocenters. The van der Waals surface area contributed by atoms with Crippen LogP contribution in [0.15, 0.2) is 29.0 Å². The lowest BCUT2D eigenvalue weighted by atomic mass is 9.90. The Morgan fingerprint density at radius 1 is 1.20 bits per heavy atom. The van der Waals surface area contributed by atoms with Gasteiger partial charge in [-0.05, 0) is 63.4 Å².